The summed E-state index contributed by atoms with van der Waals surface area (Å²) in [5.41, 5.74) is 2.52. The lowest BCUT2D eigenvalue weighted by Crippen LogP contribution is -2.38. The summed E-state index contributed by atoms with van der Waals surface area (Å²) in [6, 6.07) is 34.3. The highest BCUT2D eigenvalue weighted by atomic mass is 79.9. The first-order valence-electron chi connectivity index (χ1n) is 33.9. The third-order valence-electron chi connectivity index (χ3n) is 14.1. The first-order valence-corrected chi connectivity index (χ1v) is 37.1. The van der Waals surface area contributed by atoms with E-state index >= 15 is 0 Å². The van der Waals surface area contributed by atoms with Gasteiger partial charge in [-0.1, -0.05) is 147 Å². The molecule has 5 aromatic carbocycles. The summed E-state index contributed by atoms with van der Waals surface area (Å²) in [7, 11) is 0. The van der Waals surface area contributed by atoms with E-state index in [1.165, 1.54) is 0 Å². The predicted molar refractivity (Wildman–Crippen MR) is 433 cm³/mol. The highest BCUT2D eigenvalue weighted by Crippen LogP contribution is 2.44. The zero-order valence-corrected chi connectivity index (χ0v) is 68.9. The van der Waals surface area contributed by atoms with Gasteiger partial charge in [0.05, 0.1) is 62.9 Å². The SMILES string of the molecule is C=CC(=O)OCC(CC)(COC(=O)C=C)COC(=O)C=C.C=CC(=O)OCC(O)COc1c(Br)cc(C(C)(C)c2cc(Br)c(OCC(O)COC(=O)C=C)c(Br)c2)cc1Br.C=CC(=O)OCCOCCOCCOCCOC(=O)C=C.C=CC(=O)OCCOc1ccccc1.C=CC(=O)Oc1ccccc1-c1ccccc1. The van der Waals surface area contributed by atoms with Crippen LogP contribution in [0.1, 0.15) is 38.3 Å². The van der Waals surface area contributed by atoms with Crippen LogP contribution in [-0.4, -0.2) is 188 Å². The first-order chi connectivity index (χ1) is 53.6. The van der Waals surface area contributed by atoms with Crippen LogP contribution in [0.15, 0.2) is 241 Å². The molecule has 0 radical (unpaired) electrons. The van der Waals surface area contributed by atoms with Crippen molar-refractivity contribution in [2.75, 3.05) is 112 Å². The van der Waals surface area contributed by atoms with Crippen LogP contribution in [0, 0.1) is 5.41 Å². The molecule has 26 nitrogen and oxygen atoms in total. The van der Waals surface area contributed by atoms with E-state index in [0.717, 1.165) is 82.7 Å². The van der Waals surface area contributed by atoms with Crippen LogP contribution in [0.5, 0.6) is 23.0 Å². The van der Waals surface area contributed by atoms with Crippen molar-refractivity contribution >= 4 is 117 Å². The number of aliphatic hydroxyl groups is 2. The average Bonchev–Trinajstić information content (AvgIpc) is 0.774. The second-order valence-corrected chi connectivity index (χ2v) is 26.1. The Bertz CT molecular complexity index is 3630. The minimum atomic E-state index is -1.01. The number of ether oxygens (including phenoxy) is 15. The molecular weight excluding hydrogens is 1720 g/mol. The summed E-state index contributed by atoms with van der Waals surface area (Å²) in [5.74, 6) is -2.60. The molecule has 2 N–H and O–H groups in total. The summed E-state index contributed by atoms with van der Waals surface area (Å²) in [5, 5.41) is 20.1. The van der Waals surface area contributed by atoms with Crippen LogP contribution >= 0.6 is 63.7 Å². The standard InChI is InChI=1S/C27H28Br4O8.C15H20O6.C15H12O2.C14H22O7.C11H12O3/c1-5-23(34)36-11-17(32)13-38-25-19(28)7-15(8-20(25)29)27(3,4)16-9-21(30)26(22(31)10-16)39-14-18(33)12-37-24(35)6-2;1-5-12(16)19-9-15(8-4,10-20-13(17)6-2)11-21-14(18)7-3;1-2-15(16)17-14-11-7-6-10-13(14)12-8-4-3-5-9-12;1-3-13(15)20-11-9-18-7-5-17-6-8-19-10-12-21-14(16)4-2;1-2-11(12)14-9-8-13-10-6-4-3-5-7-10/h5-10,17-18,32-33H,1-2,11-14H2,3-4H3;5-7H,1-3,8-11H2,4H3;2-11H,1H2;3-4H,1-2,5-12H2;2-7H,1,8-9H2. The van der Waals surface area contributed by atoms with Crippen LogP contribution < -0.4 is 18.9 Å². The van der Waals surface area contributed by atoms with Gasteiger partial charge in [-0.15, -0.1) is 0 Å². The summed E-state index contributed by atoms with van der Waals surface area (Å²) in [6.07, 6.45) is 8.01. The zero-order valence-electron chi connectivity index (χ0n) is 62.5. The number of aliphatic hydroxyl groups excluding tert-OH is 2. The van der Waals surface area contributed by atoms with Gasteiger partial charge < -0.3 is 81.3 Å². The largest absolute Gasteiger partial charge is 0.490 e. The third kappa shape index (κ3) is 43.1. The van der Waals surface area contributed by atoms with Crippen molar-refractivity contribution in [1.82, 2.24) is 0 Å². The maximum absolute atomic E-state index is 11.2. The molecule has 30 heteroatoms. The second-order valence-electron chi connectivity index (χ2n) is 22.7. The molecule has 606 valence electrons. The molecule has 2 unspecified atom stereocenters. The Morgan fingerprint density at radius 2 is 0.679 bits per heavy atom. The molecule has 0 aromatic heterocycles. The predicted octanol–water partition coefficient (Wildman–Crippen LogP) is 13.3. The average molecular weight is 1820 g/mol. The van der Waals surface area contributed by atoms with E-state index < -0.39 is 76.8 Å². The van der Waals surface area contributed by atoms with Gasteiger partial charge in [0.1, 0.15) is 108 Å². The molecule has 5 rings (SSSR count). The van der Waals surface area contributed by atoms with Gasteiger partial charge in [-0.25, -0.2) is 43.2 Å². The molecule has 2 atom stereocenters. The maximum Gasteiger partial charge on any atom is 0.335 e. The Hall–Kier alpha value is -9.89. The number of carbonyl (C=O) groups excluding carboxylic acids is 9. The van der Waals surface area contributed by atoms with Gasteiger partial charge in [-0.2, -0.15) is 0 Å². The Kier molecular flexibility index (Phi) is 52.7. The van der Waals surface area contributed by atoms with Gasteiger partial charge >= 0.3 is 53.7 Å². The van der Waals surface area contributed by atoms with Gasteiger partial charge in [-0.3, -0.25) is 0 Å². The number of carbonyl (C=O) groups is 9. The summed E-state index contributed by atoms with van der Waals surface area (Å²) < 4.78 is 79.0. The van der Waals surface area contributed by atoms with Gasteiger partial charge in [0.25, 0.3) is 0 Å². The summed E-state index contributed by atoms with van der Waals surface area (Å²) in [4.78, 5) is 99.1. The van der Waals surface area contributed by atoms with Crippen LogP contribution in [0.25, 0.3) is 11.1 Å². The van der Waals surface area contributed by atoms with E-state index in [2.05, 4.69) is 137 Å². The van der Waals surface area contributed by atoms with E-state index in [-0.39, 0.29) is 66.1 Å². The van der Waals surface area contributed by atoms with Gasteiger partial charge in [0, 0.05) is 65.7 Å². The van der Waals surface area contributed by atoms with Crippen LogP contribution in [-0.2, 0) is 101 Å². The summed E-state index contributed by atoms with van der Waals surface area (Å²) >= 11 is 14.2. The van der Waals surface area contributed by atoms with Crippen molar-refractivity contribution in [3.63, 3.8) is 0 Å². The number of para-hydroxylation sites is 2. The number of hydrogen-bond acceptors (Lipinski definition) is 26. The molecular formula is C82H94Br4O26. The van der Waals surface area contributed by atoms with Crippen molar-refractivity contribution < 1.29 is 124 Å². The van der Waals surface area contributed by atoms with Crippen LogP contribution in [0.2, 0.25) is 0 Å². The Labute approximate surface area is 686 Å². The lowest BCUT2D eigenvalue weighted by molar-refractivity contribution is -0.156. The lowest BCUT2D eigenvalue weighted by Gasteiger charge is -2.30. The van der Waals surface area contributed by atoms with E-state index in [0.29, 0.717) is 87.8 Å². The fourth-order valence-electron chi connectivity index (χ4n) is 8.00. The molecule has 0 saturated heterocycles. The third-order valence-corrected chi connectivity index (χ3v) is 16.5. The number of hydrogen-bond donors (Lipinski definition) is 2. The van der Waals surface area contributed by atoms with Gasteiger partial charge in [-0.05, 0) is 129 Å². The molecule has 0 aliphatic rings. The molecule has 0 aliphatic heterocycles. The number of halogens is 4. The molecule has 0 fully saturated rings. The Balaban J connectivity index is 0.000000739. The van der Waals surface area contributed by atoms with E-state index in [4.69, 9.17) is 71.1 Å². The van der Waals surface area contributed by atoms with Crippen molar-refractivity contribution in [2.24, 2.45) is 5.41 Å². The quantitative estimate of drug-likeness (QED) is 0.0120. The fraction of sp³-hybridized carbons (Fsp3) is 0.305. The normalized spacial score (nSPS) is 10.8. The van der Waals surface area contributed by atoms with Gasteiger partial charge in [0.15, 0.2) is 0 Å². The van der Waals surface area contributed by atoms with Crippen molar-refractivity contribution in [2.45, 2.75) is 44.8 Å². The van der Waals surface area contributed by atoms with Gasteiger partial charge in [0.2, 0.25) is 0 Å². The Morgan fingerprint density at radius 3 is 1.03 bits per heavy atom. The minimum absolute atomic E-state index is 0.0802. The monoisotopic (exact) mass is 1810 g/mol. The topological polar surface area (TPSA) is 333 Å². The zero-order chi connectivity index (χ0) is 83.7. The Morgan fingerprint density at radius 1 is 0.375 bits per heavy atom. The maximum atomic E-state index is 11.2. The second kappa shape index (κ2) is 58.9. The smallest absolute Gasteiger partial charge is 0.335 e. The molecule has 0 saturated carbocycles. The molecule has 112 heavy (non-hydrogen) atoms. The molecule has 0 spiro atoms. The molecule has 5 aromatic rings. The fourth-order valence-corrected chi connectivity index (χ4v) is 10.8. The van der Waals surface area contributed by atoms with E-state index in [1.807, 2.05) is 103 Å². The first kappa shape index (κ1) is 100. The van der Waals surface area contributed by atoms with Crippen LogP contribution in [0.3, 0.4) is 0 Å². The number of rotatable bonds is 46. The highest BCUT2D eigenvalue weighted by Gasteiger charge is 2.34. The molecule has 0 amide bonds. The van der Waals surface area contributed by atoms with Crippen molar-refractivity contribution in [3.8, 4) is 34.1 Å². The number of benzene rings is 5. The van der Waals surface area contributed by atoms with E-state index in [9.17, 15) is 53.4 Å². The van der Waals surface area contributed by atoms with E-state index in [1.54, 1.807) is 13.0 Å². The molecule has 0 heterocycles. The minimum Gasteiger partial charge on any atom is -0.490 e. The van der Waals surface area contributed by atoms with Crippen molar-refractivity contribution in [3.05, 3.63) is 252 Å². The molecule has 0 bridgehead atoms. The lowest BCUT2D eigenvalue weighted by atomic mass is 9.78. The number of esters is 9. The van der Waals surface area contributed by atoms with Crippen LogP contribution in [0.4, 0.5) is 0 Å². The summed E-state index contributed by atoms with van der Waals surface area (Å²) in [6.45, 7) is 38.0. The highest BCUT2D eigenvalue weighted by molar-refractivity contribution is 9.11. The molecule has 0 aliphatic carbocycles. The van der Waals surface area contributed by atoms with Crippen molar-refractivity contribution in [1.29, 1.82) is 0 Å².